The summed E-state index contributed by atoms with van der Waals surface area (Å²) in [7, 11) is 1.43. The zero-order valence-corrected chi connectivity index (χ0v) is 7.61. The molecule has 0 aliphatic rings. The first kappa shape index (κ1) is 9.83. The first-order valence-electron chi connectivity index (χ1n) is 3.88. The largest absolute Gasteiger partial charge is 0.494 e. The van der Waals surface area contributed by atoms with Crippen molar-refractivity contribution in [2.24, 2.45) is 0 Å². The Morgan fingerprint density at radius 3 is 2.57 bits per heavy atom. The molecule has 0 aromatic heterocycles. The number of ether oxygens (including phenoxy) is 1. The van der Waals surface area contributed by atoms with Crippen molar-refractivity contribution < 1.29 is 4.74 Å². The van der Waals surface area contributed by atoms with Gasteiger partial charge in [-0.05, 0) is 12.1 Å². The maximum Gasteiger partial charge on any atom is 0.172 e. The number of methoxy groups -OCH3 is 1. The van der Waals surface area contributed by atoms with Gasteiger partial charge in [-0.1, -0.05) is 18.2 Å². The summed E-state index contributed by atoms with van der Waals surface area (Å²) in [5.41, 5.74) is 0.639. The minimum Gasteiger partial charge on any atom is -0.494 e. The molecule has 0 saturated heterocycles. The number of hydrogen-bond acceptors (Lipinski definition) is 3. The molecule has 67 valence electrons. The lowest BCUT2D eigenvalue weighted by molar-refractivity contribution is 0.369. The minimum absolute atomic E-state index is 0.0351. The Bertz CT molecular complexity index is 405. The van der Waals surface area contributed by atoms with Crippen molar-refractivity contribution in [3.05, 3.63) is 41.5 Å². The van der Waals surface area contributed by atoms with Crippen molar-refractivity contribution in [2.45, 2.75) is 0 Å². The molecule has 1 aromatic rings. The second-order valence-electron chi connectivity index (χ2n) is 2.42. The van der Waals surface area contributed by atoms with Gasteiger partial charge in [-0.15, -0.1) is 0 Å². The summed E-state index contributed by atoms with van der Waals surface area (Å²) in [6.07, 6.45) is 0. The Morgan fingerprint density at radius 2 is 2.14 bits per heavy atom. The second kappa shape index (κ2) is 4.69. The third-order valence-electron chi connectivity index (χ3n) is 1.62. The van der Waals surface area contributed by atoms with Gasteiger partial charge in [0.25, 0.3) is 0 Å². The molecule has 1 rings (SSSR count). The van der Waals surface area contributed by atoms with Crippen LogP contribution in [0.3, 0.4) is 0 Å². The van der Waals surface area contributed by atoms with E-state index in [0.29, 0.717) is 5.56 Å². The van der Waals surface area contributed by atoms with E-state index in [-0.39, 0.29) is 11.3 Å². The smallest absolute Gasteiger partial charge is 0.172 e. The quantitative estimate of drug-likeness (QED) is 0.519. The molecule has 0 fully saturated rings. The topological polar surface area (TPSA) is 56.8 Å². The van der Waals surface area contributed by atoms with E-state index < -0.39 is 0 Å². The van der Waals surface area contributed by atoms with Crippen LogP contribution >= 0.6 is 0 Å². The molecule has 0 unspecified atom stereocenters. The summed E-state index contributed by atoms with van der Waals surface area (Å²) in [4.78, 5) is 0. The van der Waals surface area contributed by atoms with Crippen LogP contribution in [0.2, 0.25) is 0 Å². The van der Waals surface area contributed by atoms with Crippen LogP contribution in [0, 0.1) is 28.7 Å². The fraction of sp³-hybridized carbons (Fsp3) is 0.0909. The molecule has 0 heterocycles. The molecule has 1 aromatic carbocycles. The highest BCUT2D eigenvalue weighted by atomic mass is 16.5. The lowest BCUT2D eigenvalue weighted by Crippen LogP contribution is -1.91. The molecular weight excluding hydrogens is 176 g/mol. The van der Waals surface area contributed by atoms with Crippen molar-refractivity contribution in [1.82, 2.24) is 0 Å². The predicted octanol–water partition coefficient (Wildman–Crippen LogP) is 1.89. The molecule has 0 atom stereocenters. The number of benzene rings is 1. The highest BCUT2D eigenvalue weighted by Gasteiger charge is 2.08. The van der Waals surface area contributed by atoms with E-state index in [1.54, 1.807) is 36.4 Å². The fourth-order valence-electron chi connectivity index (χ4n) is 1.03. The van der Waals surface area contributed by atoms with E-state index in [0.717, 1.165) is 0 Å². The first-order valence-corrected chi connectivity index (χ1v) is 3.88. The molecule has 3 nitrogen and oxygen atoms in total. The van der Waals surface area contributed by atoms with Crippen LogP contribution in [0.5, 0.6) is 0 Å². The molecule has 0 N–H and O–H groups in total. The van der Waals surface area contributed by atoms with Crippen molar-refractivity contribution >= 4 is 5.76 Å². The third-order valence-corrected chi connectivity index (χ3v) is 1.62. The molecule has 0 spiro atoms. The number of nitrogens with zero attached hydrogens (tertiary/aromatic N) is 2. The van der Waals surface area contributed by atoms with E-state index in [1.807, 2.05) is 0 Å². The summed E-state index contributed by atoms with van der Waals surface area (Å²) in [5.74, 6) is 0.284. The molecule has 0 saturated carbocycles. The van der Waals surface area contributed by atoms with Gasteiger partial charge in [0.15, 0.2) is 11.3 Å². The monoisotopic (exact) mass is 183 g/mol. The second-order valence-corrected chi connectivity index (χ2v) is 2.42. The maximum atomic E-state index is 8.67. The Morgan fingerprint density at radius 1 is 1.43 bits per heavy atom. The minimum atomic E-state index is -0.0351. The van der Waals surface area contributed by atoms with Crippen LogP contribution in [0.4, 0.5) is 0 Å². The van der Waals surface area contributed by atoms with E-state index in [9.17, 15) is 0 Å². The van der Waals surface area contributed by atoms with Gasteiger partial charge in [0.2, 0.25) is 0 Å². The number of nitriles is 2. The SMILES string of the molecule is COC(=C(C#N)C#N)c1c[c]ccc1. The lowest BCUT2D eigenvalue weighted by Gasteiger charge is -2.04. The van der Waals surface area contributed by atoms with Crippen molar-refractivity contribution in [3.63, 3.8) is 0 Å². The molecule has 0 aliphatic carbocycles. The normalized spacial score (nSPS) is 8.21. The Kier molecular flexibility index (Phi) is 3.29. The standard InChI is InChI=1S/C11H7N2O/c1-14-11(10(7-12)8-13)9-5-3-2-4-6-9/h2-3,5-6H,1H3. The molecule has 1 radical (unpaired) electrons. The van der Waals surface area contributed by atoms with Gasteiger partial charge < -0.3 is 4.74 Å². The van der Waals surface area contributed by atoms with Gasteiger partial charge in [-0.25, -0.2) is 0 Å². The van der Waals surface area contributed by atoms with Crippen LogP contribution in [0.25, 0.3) is 5.76 Å². The average molecular weight is 183 g/mol. The van der Waals surface area contributed by atoms with E-state index in [4.69, 9.17) is 15.3 Å². The number of rotatable bonds is 2. The molecule has 3 heteroatoms. The number of hydrogen-bond donors (Lipinski definition) is 0. The maximum absolute atomic E-state index is 8.67. The van der Waals surface area contributed by atoms with Crippen molar-refractivity contribution in [1.29, 1.82) is 10.5 Å². The Balaban J connectivity index is 3.26. The van der Waals surface area contributed by atoms with E-state index in [2.05, 4.69) is 6.07 Å². The Labute approximate surface area is 82.5 Å². The van der Waals surface area contributed by atoms with Gasteiger partial charge in [0.1, 0.15) is 12.1 Å². The Hall–Kier alpha value is -2.26. The summed E-state index contributed by atoms with van der Waals surface area (Å²) in [6, 6.07) is 13.3. The summed E-state index contributed by atoms with van der Waals surface area (Å²) < 4.78 is 4.99. The van der Waals surface area contributed by atoms with Gasteiger partial charge in [0, 0.05) is 5.56 Å². The summed E-state index contributed by atoms with van der Waals surface area (Å²) >= 11 is 0. The van der Waals surface area contributed by atoms with Gasteiger partial charge >= 0.3 is 0 Å². The van der Waals surface area contributed by atoms with Crippen molar-refractivity contribution in [3.8, 4) is 12.1 Å². The van der Waals surface area contributed by atoms with Gasteiger partial charge in [-0.3, -0.25) is 0 Å². The first-order chi connectivity index (χ1) is 6.83. The summed E-state index contributed by atoms with van der Waals surface area (Å²) in [5, 5.41) is 17.3. The lowest BCUT2D eigenvalue weighted by atomic mass is 10.1. The molecule has 0 bridgehead atoms. The summed E-state index contributed by atoms with van der Waals surface area (Å²) in [6.45, 7) is 0. The third kappa shape index (κ3) is 1.91. The highest BCUT2D eigenvalue weighted by Crippen LogP contribution is 2.17. The molecular formula is C11H7N2O. The van der Waals surface area contributed by atoms with Crippen LogP contribution in [-0.2, 0) is 4.74 Å². The van der Waals surface area contributed by atoms with E-state index >= 15 is 0 Å². The van der Waals surface area contributed by atoms with Gasteiger partial charge in [0.05, 0.1) is 7.11 Å². The van der Waals surface area contributed by atoms with Gasteiger partial charge in [-0.2, -0.15) is 10.5 Å². The average Bonchev–Trinajstić information content (AvgIpc) is 2.27. The molecule has 14 heavy (non-hydrogen) atoms. The van der Waals surface area contributed by atoms with Crippen LogP contribution in [0.1, 0.15) is 5.56 Å². The highest BCUT2D eigenvalue weighted by molar-refractivity contribution is 5.70. The fourth-order valence-corrected chi connectivity index (χ4v) is 1.03. The van der Waals surface area contributed by atoms with Crippen molar-refractivity contribution in [2.75, 3.05) is 7.11 Å². The van der Waals surface area contributed by atoms with E-state index in [1.165, 1.54) is 7.11 Å². The molecule has 0 aliphatic heterocycles. The zero-order chi connectivity index (χ0) is 10.4. The molecule has 0 amide bonds. The number of allylic oxidation sites excluding steroid dienone is 1. The zero-order valence-electron chi connectivity index (χ0n) is 7.61. The van der Waals surface area contributed by atoms with Crippen LogP contribution < -0.4 is 0 Å². The predicted molar refractivity (Wildman–Crippen MR) is 50.4 cm³/mol. The van der Waals surface area contributed by atoms with Crippen LogP contribution in [0.15, 0.2) is 29.8 Å². The van der Waals surface area contributed by atoms with Crippen LogP contribution in [-0.4, -0.2) is 7.11 Å².